The SMILES string of the molecule is Nc1cc(C(=Cc2ccccn2)c2ccccc2)cc(N)n1. The summed E-state index contributed by atoms with van der Waals surface area (Å²) in [5, 5.41) is 0. The molecule has 4 heteroatoms. The van der Waals surface area contributed by atoms with Crippen molar-refractivity contribution in [3.63, 3.8) is 0 Å². The third kappa shape index (κ3) is 3.12. The minimum Gasteiger partial charge on any atom is -0.384 e. The molecule has 108 valence electrons. The van der Waals surface area contributed by atoms with Crippen LogP contribution in [0.4, 0.5) is 11.6 Å². The summed E-state index contributed by atoms with van der Waals surface area (Å²) < 4.78 is 0. The van der Waals surface area contributed by atoms with Gasteiger partial charge in [-0.3, -0.25) is 4.98 Å². The van der Waals surface area contributed by atoms with Gasteiger partial charge >= 0.3 is 0 Å². The van der Waals surface area contributed by atoms with Crippen LogP contribution < -0.4 is 11.5 Å². The van der Waals surface area contributed by atoms with E-state index in [1.165, 1.54) is 0 Å². The Morgan fingerprint density at radius 3 is 2.14 bits per heavy atom. The van der Waals surface area contributed by atoms with Gasteiger partial charge in [0.05, 0.1) is 5.69 Å². The van der Waals surface area contributed by atoms with Crippen molar-refractivity contribution in [3.05, 3.63) is 83.7 Å². The van der Waals surface area contributed by atoms with Gasteiger partial charge in [-0.25, -0.2) is 4.98 Å². The van der Waals surface area contributed by atoms with E-state index in [9.17, 15) is 0 Å². The molecule has 0 atom stereocenters. The van der Waals surface area contributed by atoms with Crippen LogP contribution in [0.2, 0.25) is 0 Å². The van der Waals surface area contributed by atoms with Crippen molar-refractivity contribution in [2.75, 3.05) is 11.5 Å². The van der Waals surface area contributed by atoms with Crippen molar-refractivity contribution in [2.45, 2.75) is 0 Å². The molecular weight excluding hydrogens is 272 g/mol. The molecule has 0 radical (unpaired) electrons. The molecule has 4 nitrogen and oxygen atoms in total. The summed E-state index contributed by atoms with van der Waals surface area (Å²) in [6, 6.07) is 19.5. The second kappa shape index (κ2) is 6.10. The average Bonchev–Trinajstić information content (AvgIpc) is 2.53. The number of nitrogens with zero attached hydrogens (tertiary/aromatic N) is 2. The van der Waals surface area contributed by atoms with Crippen LogP contribution in [0.15, 0.2) is 66.9 Å². The first-order valence-corrected chi connectivity index (χ1v) is 6.94. The van der Waals surface area contributed by atoms with E-state index in [0.717, 1.165) is 22.4 Å². The number of anilines is 2. The molecule has 0 aliphatic heterocycles. The monoisotopic (exact) mass is 288 g/mol. The summed E-state index contributed by atoms with van der Waals surface area (Å²) in [5.74, 6) is 0.802. The van der Waals surface area contributed by atoms with Crippen LogP contribution >= 0.6 is 0 Å². The van der Waals surface area contributed by atoms with E-state index >= 15 is 0 Å². The maximum absolute atomic E-state index is 5.83. The zero-order valence-corrected chi connectivity index (χ0v) is 12.0. The Bertz CT molecular complexity index is 776. The molecule has 0 unspecified atom stereocenters. The molecule has 2 aromatic heterocycles. The normalized spacial score (nSPS) is 11.4. The van der Waals surface area contributed by atoms with Gasteiger partial charge in [-0.05, 0) is 47.0 Å². The fourth-order valence-electron chi connectivity index (χ4n) is 2.29. The predicted octanol–water partition coefficient (Wildman–Crippen LogP) is 3.23. The van der Waals surface area contributed by atoms with Gasteiger partial charge in [-0.2, -0.15) is 0 Å². The van der Waals surface area contributed by atoms with E-state index in [2.05, 4.69) is 9.97 Å². The van der Waals surface area contributed by atoms with Crippen molar-refractivity contribution >= 4 is 23.3 Å². The fraction of sp³-hybridized carbons (Fsp3) is 0. The first kappa shape index (κ1) is 13.8. The molecule has 0 spiro atoms. The summed E-state index contributed by atoms with van der Waals surface area (Å²) in [7, 11) is 0. The van der Waals surface area contributed by atoms with E-state index in [1.54, 1.807) is 6.20 Å². The molecule has 22 heavy (non-hydrogen) atoms. The largest absolute Gasteiger partial charge is 0.384 e. The number of nitrogen functional groups attached to an aromatic ring is 2. The highest BCUT2D eigenvalue weighted by Gasteiger charge is 2.08. The van der Waals surface area contributed by atoms with Gasteiger partial charge in [0.1, 0.15) is 11.6 Å². The summed E-state index contributed by atoms with van der Waals surface area (Å²) in [4.78, 5) is 8.39. The molecule has 4 N–H and O–H groups in total. The first-order valence-electron chi connectivity index (χ1n) is 6.94. The lowest BCUT2D eigenvalue weighted by Crippen LogP contribution is -1.99. The van der Waals surface area contributed by atoms with Gasteiger partial charge in [-0.1, -0.05) is 36.4 Å². The average molecular weight is 288 g/mol. The lowest BCUT2D eigenvalue weighted by atomic mass is 9.97. The van der Waals surface area contributed by atoms with Crippen LogP contribution in [0.25, 0.3) is 11.6 Å². The predicted molar refractivity (Wildman–Crippen MR) is 90.7 cm³/mol. The molecule has 0 amide bonds. The van der Waals surface area contributed by atoms with Gasteiger partial charge in [0.25, 0.3) is 0 Å². The zero-order valence-electron chi connectivity index (χ0n) is 12.0. The second-order valence-corrected chi connectivity index (χ2v) is 4.88. The number of rotatable bonds is 3. The van der Waals surface area contributed by atoms with Crippen LogP contribution in [0.1, 0.15) is 16.8 Å². The molecule has 2 heterocycles. The molecule has 0 saturated carbocycles. The van der Waals surface area contributed by atoms with Crippen molar-refractivity contribution in [1.29, 1.82) is 0 Å². The summed E-state index contributed by atoms with van der Waals surface area (Å²) in [6.45, 7) is 0. The Morgan fingerprint density at radius 1 is 0.818 bits per heavy atom. The molecule has 0 fully saturated rings. The van der Waals surface area contributed by atoms with Crippen LogP contribution in [-0.4, -0.2) is 9.97 Å². The summed E-state index contributed by atoms with van der Waals surface area (Å²) in [5.41, 5.74) is 15.5. The molecule has 0 bridgehead atoms. The second-order valence-electron chi connectivity index (χ2n) is 4.88. The van der Waals surface area contributed by atoms with E-state index in [-0.39, 0.29) is 0 Å². The van der Waals surface area contributed by atoms with E-state index < -0.39 is 0 Å². The highest BCUT2D eigenvalue weighted by atomic mass is 14.9. The molecule has 0 saturated heterocycles. The number of benzene rings is 1. The standard InChI is InChI=1S/C18H16N4/c19-17-10-14(11-18(20)22-17)16(13-6-2-1-3-7-13)12-15-8-4-5-9-21-15/h1-12H,(H4,19,20,22). The van der Waals surface area contributed by atoms with E-state index in [0.29, 0.717) is 11.6 Å². The summed E-state index contributed by atoms with van der Waals surface area (Å²) in [6.07, 6.45) is 3.78. The molecule has 3 aromatic rings. The molecule has 0 aliphatic rings. The quantitative estimate of drug-likeness (QED) is 0.775. The van der Waals surface area contributed by atoms with Gasteiger partial charge in [0.2, 0.25) is 0 Å². The molecule has 1 aromatic carbocycles. The number of pyridine rings is 2. The number of hydrogen-bond donors (Lipinski definition) is 2. The molecule has 0 aliphatic carbocycles. The van der Waals surface area contributed by atoms with Gasteiger partial charge in [0.15, 0.2) is 0 Å². The Morgan fingerprint density at radius 2 is 1.50 bits per heavy atom. The molecular formula is C18H16N4. The van der Waals surface area contributed by atoms with E-state index in [1.807, 2.05) is 66.7 Å². The third-order valence-corrected chi connectivity index (χ3v) is 3.24. The first-order chi connectivity index (χ1) is 10.7. The van der Waals surface area contributed by atoms with Crippen molar-refractivity contribution < 1.29 is 0 Å². The minimum absolute atomic E-state index is 0.401. The van der Waals surface area contributed by atoms with E-state index in [4.69, 9.17) is 11.5 Å². The number of nitrogens with two attached hydrogens (primary N) is 2. The van der Waals surface area contributed by atoms with Gasteiger partial charge in [0, 0.05) is 6.20 Å². The maximum atomic E-state index is 5.83. The lowest BCUT2D eigenvalue weighted by molar-refractivity contribution is 1.29. The van der Waals surface area contributed by atoms with Gasteiger partial charge in [-0.15, -0.1) is 0 Å². The zero-order chi connectivity index (χ0) is 15.4. The van der Waals surface area contributed by atoms with Crippen LogP contribution in [-0.2, 0) is 0 Å². The smallest absolute Gasteiger partial charge is 0.126 e. The molecule has 3 rings (SSSR count). The summed E-state index contributed by atoms with van der Waals surface area (Å²) >= 11 is 0. The Hall–Kier alpha value is -3.14. The van der Waals surface area contributed by atoms with Crippen LogP contribution in [0.3, 0.4) is 0 Å². The lowest BCUT2D eigenvalue weighted by Gasteiger charge is -2.10. The Labute approximate surface area is 129 Å². The van der Waals surface area contributed by atoms with Crippen molar-refractivity contribution in [1.82, 2.24) is 9.97 Å². The van der Waals surface area contributed by atoms with Crippen LogP contribution in [0, 0.1) is 0 Å². The number of aromatic nitrogens is 2. The fourth-order valence-corrected chi connectivity index (χ4v) is 2.29. The highest BCUT2D eigenvalue weighted by Crippen LogP contribution is 2.27. The Balaban J connectivity index is 2.17. The topological polar surface area (TPSA) is 77.8 Å². The third-order valence-electron chi connectivity index (χ3n) is 3.24. The highest BCUT2D eigenvalue weighted by molar-refractivity contribution is 5.91. The van der Waals surface area contributed by atoms with Crippen molar-refractivity contribution in [2.24, 2.45) is 0 Å². The minimum atomic E-state index is 0.401. The van der Waals surface area contributed by atoms with Crippen LogP contribution in [0.5, 0.6) is 0 Å². The Kier molecular flexibility index (Phi) is 3.83. The van der Waals surface area contributed by atoms with Gasteiger partial charge < -0.3 is 11.5 Å². The van der Waals surface area contributed by atoms with Crippen molar-refractivity contribution in [3.8, 4) is 0 Å². The number of hydrogen-bond acceptors (Lipinski definition) is 4. The maximum Gasteiger partial charge on any atom is 0.126 e.